The molecule has 1 saturated heterocycles. The van der Waals surface area contributed by atoms with Crippen LogP contribution in [0.2, 0.25) is 0 Å². The van der Waals surface area contributed by atoms with E-state index in [0.29, 0.717) is 18.4 Å². The molecule has 0 bridgehead atoms. The maximum Gasteiger partial charge on any atom is 0.416 e. The van der Waals surface area contributed by atoms with Crippen LogP contribution >= 0.6 is 15.9 Å². The van der Waals surface area contributed by atoms with Crippen LogP contribution in [-0.4, -0.2) is 24.1 Å². The van der Waals surface area contributed by atoms with Crippen molar-refractivity contribution in [1.29, 1.82) is 5.26 Å². The summed E-state index contributed by atoms with van der Waals surface area (Å²) in [6.07, 6.45) is -4.38. The second-order valence-electron chi connectivity index (χ2n) is 5.94. The van der Waals surface area contributed by atoms with E-state index in [1.807, 2.05) is 0 Å². The minimum Gasteiger partial charge on any atom is -0.416 e. The third kappa shape index (κ3) is 4.15. The van der Waals surface area contributed by atoms with E-state index >= 15 is 0 Å². The number of nitrogens with zero attached hydrogens (tertiary/aromatic N) is 2. The molecule has 4 nitrogen and oxygen atoms in total. The highest BCUT2D eigenvalue weighted by Crippen LogP contribution is 2.41. The summed E-state index contributed by atoms with van der Waals surface area (Å²) in [7, 11) is 0. The highest BCUT2D eigenvalue weighted by Gasteiger charge is 2.40. The molecule has 0 unspecified atom stereocenters. The molecule has 1 aliphatic heterocycles. The van der Waals surface area contributed by atoms with Gasteiger partial charge in [0.25, 0.3) is 0 Å². The van der Waals surface area contributed by atoms with Crippen LogP contribution in [0.5, 0.6) is 0 Å². The highest BCUT2D eigenvalue weighted by atomic mass is 79.9. The summed E-state index contributed by atoms with van der Waals surface area (Å²) in [5, 5.41) is 9.68. The van der Waals surface area contributed by atoms with Gasteiger partial charge < -0.3 is 9.64 Å². The molecule has 1 amide bonds. The van der Waals surface area contributed by atoms with Crippen molar-refractivity contribution in [2.45, 2.75) is 31.4 Å². The first-order valence-corrected chi connectivity index (χ1v) is 8.29. The maximum atomic E-state index is 12.8. The van der Waals surface area contributed by atoms with E-state index in [4.69, 9.17) is 4.74 Å². The maximum absolute atomic E-state index is 12.8. The number of allylic oxidation sites excluding steroid dienone is 1. The molecule has 1 aliphatic rings. The van der Waals surface area contributed by atoms with Gasteiger partial charge in [0, 0.05) is 17.6 Å². The Balaban J connectivity index is 2.22. The van der Waals surface area contributed by atoms with Gasteiger partial charge in [-0.05, 0) is 37.5 Å². The first kappa shape index (κ1) is 19.3. The highest BCUT2D eigenvalue weighted by molar-refractivity contribution is 9.10. The number of hydrogen-bond acceptors (Lipinski definition) is 3. The first-order chi connectivity index (χ1) is 11.6. The lowest BCUT2D eigenvalue weighted by Crippen LogP contribution is -2.44. The number of hydrogen-bond donors (Lipinski definition) is 0. The van der Waals surface area contributed by atoms with E-state index in [2.05, 4.69) is 28.6 Å². The normalized spacial score (nSPS) is 16.9. The first-order valence-electron chi connectivity index (χ1n) is 7.50. The van der Waals surface area contributed by atoms with Gasteiger partial charge in [-0.15, -0.1) is 0 Å². The Hall–Kier alpha value is -2.01. The topological polar surface area (TPSA) is 53.3 Å². The lowest BCUT2D eigenvalue weighted by Gasteiger charge is -2.37. The van der Waals surface area contributed by atoms with Gasteiger partial charge in [0.15, 0.2) is 0 Å². The van der Waals surface area contributed by atoms with Crippen LogP contribution in [0.1, 0.15) is 30.9 Å². The Kier molecular flexibility index (Phi) is 5.47. The number of piperidine rings is 1. The number of halogens is 4. The molecule has 0 aliphatic carbocycles. The minimum atomic E-state index is -4.45. The smallest absolute Gasteiger partial charge is 0.416 e. The second kappa shape index (κ2) is 7.08. The molecular formula is C17H16BrF3N2O2. The molecule has 1 fully saturated rings. The Bertz CT molecular complexity index is 732. The summed E-state index contributed by atoms with van der Waals surface area (Å²) in [6.45, 7) is 5.60. The second-order valence-corrected chi connectivity index (χ2v) is 6.80. The van der Waals surface area contributed by atoms with Gasteiger partial charge in [0.05, 0.1) is 22.8 Å². The molecule has 0 radical (unpaired) electrons. The van der Waals surface area contributed by atoms with Crippen molar-refractivity contribution in [2.24, 2.45) is 0 Å². The number of carbonyl (C=O) groups excluding carboxylic acids is 1. The monoisotopic (exact) mass is 416 g/mol. The van der Waals surface area contributed by atoms with Crippen molar-refractivity contribution >= 4 is 22.0 Å². The summed E-state index contributed by atoms with van der Waals surface area (Å²) in [6, 6.07) is 5.51. The van der Waals surface area contributed by atoms with E-state index in [0.717, 1.165) is 12.1 Å². The molecular weight excluding hydrogens is 401 g/mol. The van der Waals surface area contributed by atoms with Crippen LogP contribution in [0, 0.1) is 11.3 Å². The molecule has 2 rings (SSSR count). The summed E-state index contributed by atoms with van der Waals surface area (Å²) < 4.78 is 43.6. The zero-order valence-corrected chi connectivity index (χ0v) is 15.1. The van der Waals surface area contributed by atoms with Crippen molar-refractivity contribution < 1.29 is 22.7 Å². The number of rotatable bonds is 2. The quantitative estimate of drug-likeness (QED) is 0.637. The van der Waals surface area contributed by atoms with E-state index in [9.17, 15) is 23.2 Å². The summed E-state index contributed by atoms with van der Waals surface area (Å²) in [5.74, 6) is 0.271. The number of amides is 1. The fourth-order valence-corrected chi connectivity index (χ4v) is 3.56. The Morgan fingerprint density at radius 3 is 2.44 bits per heavy atom. The molecule has 0 aromatic heterocycles. The predicted octanol–water partition coefficient (Wildman–Crippen LogP) is 5.00. The van der Waals surface area contributed by atoms with E-state index in [1.54, 1.807) is 6.92 Å². The van der Waals surface area contributed by atoms with Crippen molar-refractivity contribution in [3.05, 3.63) is 46.1 Å². The molecule has 1 aromatic rings. The molecule has 0 saturated carbocycles. The van der Waals surface area contributed by atoms with Crippen LogP contribution in [0.3, 0.4) is 0 Å². The van der Waals surface area contributed by atoms with Gasteiger partial charge in [0.1, 0.15) is 0 Å². The van der Waals surface area contributed by atoms with Crippen LogP contribution < -0.4 is 0 Å². The van der Waals surface area contributed by atoms with Crippen LogP contribution in [-0.2, 0) is 16.3 Å². The van der Waals surface area contributed by atoms with Crippen LogP contribution in [0.25, 0.3) is 0 Å². The third-order valence-corrected chi connectivity index (χ3v) is 4.82. The molecule has 0 atom stereocenters. The van der Waals surface area contributed by atoms with Crippen molar-refractivity contribution in [2.75, 3.05) is 13.1 Å². The number of ether oxygens (including phenoxy) is 1. The molecule has 1 heterocycles. The number of nitriles is 1. The average Bonchev–Trinajstić information content (AvgIpc) is 2.53. The minimum absolute atomic E-state index is 0.238. The molecule has 8 heteroatoms. The van der Waals surface area contributed by atoms with Crippen molar-refractivity contribution in [1.82, 2.24) is 4.90 Å². The largest absolute Gasteiger partial charge is 0.416 e. The van der Waals surface area contributed by atoms with Gasteiger partial charge in [-0.3, -0.25) is 0 Å². The third-order valence-electron chi connectivity index (χ3n) is 4.16. The van der Waals surface area contributed by atoms with Gasteiger partial charge in [-0.25, -0.2) is 4.79 Å². The zero-order chi connectivity index (χ0) is 18.8. The van der Waals surface area contributed by atoms with Gasteiger partial charge in [-0.2, -0.15) is 18.4 Å². The summed E-state index contributed by atoms with van der Waals surface area (Å²) in [5.41, 5.74) is -1.24. The Morgan fingerprint density at radius 1 is 1.40 bits per heavy atom. The SMILES string of the molecule is C=C(C)OC(=O)N1CCC(C#N)(c2ccc(C(F)(F)F)cc2Br)CC1. The summed E-state index contributed by atoms with van der Waals surface area (Å²) >= 11 is 3.16. The zero-order valence-electron chi connectivity index (χ0n) is 13.5. The van der Waals surface area contributed by atoms with E-state index in [1.165, 1.54) is 11.0 Å². The lowest BCUT2D eigenvalue weighted by atomic mass is 9.74. The molecule has 1 aromatic carbocycles. The standard InChI is InChI=1S/C17H16BrF3N2O2/c1-11(2)25-15(24)23-7-5-16(10-22,6-8-23)13-4-3-12(9-14(13)18)17(19,20)21/h3-4,9H,1,5-8H2,2H3. The fraction of sp³-hybridized carbons (Fsp3) is 0.412. The number of alkyl halides is 3. The molecule has 134 valence electrons. The molecule has 0 spiro atoms. The van der Waals surface area contributed by atoms with Crippen LogP contribution in [0.4, 0.5) is 18.0 Å². The number of benzene rings is 1. The van der Waals surface area contributed by atoms with Crippen LogP contribution in [0.15, 0.2) is 35.0 Å². The molecule has 0 N–H and O–H groups in total. The molecule has 25 heavy (non-hydrogen) atoms. The Labute approximate surface area is 152 Å². The predicted molar refractivity (Wildman–Crippen MR) is 88.5 cm³/mol. The Morgan fingerprint density at radius 2 is 2.00 bits per heavy atom. The summed E-state index contributed by atoms with van der Waals surface area (Å²) in [4.78, 5) is 13.4. The van der Waals surface area contributed by atoms with E-state index in [-0.39, 0.29) is 23.3 Å². The van der Waals surface area contributed by atoms with E-state index < -0.39 is 23.2 Å². The fourth-order valence-electron chi connectivity index (χ4n) is 2.81. The number of carbonyl (C=O) groups is 1. The van der Waals surface area contributed by atoms with Crippen molar-refractivity contribution in [3.8, 4) is 6.07 Å². The number of likely N-dealkylation sites (tertiary alicyclic amines) is 1. The van der Waals surface area contributed by atoms with Gasteiger partial charge in [0.2, 0.25) is 0 Å². The lowest BCUT2D eigenvalue weighted by molar-refractivity contribution is -0.137. The van der Waals surface area contributed by atoms with Gasteiger partial charge >= 0.3 is 12.3 Å². The van der Waals surface area contributed by atoms with Gasteiger partial charge in [-0.1, -0.05) is 28.6 Å². The average molecular weight is 417 g/mol. The van der Waals surface area contributed by atoms with Crippen molar-refractivity contribution in [3.63, 3.8) is 0 Å².